The molecule has 0 amide bonds. The van der Waals surface area contributed by atoms with Gasteiger partial charge in [-0.3, -0.25) is 0 Å². The minimum atomic E-state index is -0.784. The quantitative estimate of drug-likeness (QED) is 0.789. The smallest absolute Gasteiger partial charge is 0.159 e. The van der Waals surface area contributed by atoms with Crippen LogP contribution in [0.1, 0.15) is 24.8 Å². The fourth-order valence-electron chi connectivity index (χ4n) is 2.36. The Labute approximate surface area is 107 Å². The van der Waals surface area contributed by atoms with Crippen molar-refractivity contribution in [3.05, 3.63) is 35.4 Å². The fraction of sp³-hybridized carbons (Fsp3) is 0.571. The third-order valence-corrected chi connectivity index (χ3v) is 3.50. The molecule has 0 aliphatic carbocycles. The second-order valence-corrected chi connectivity index (χ2v) is 4.91. The van der Waals surface area contributed by atoms with Gasteiger partial charge in [0.05, 0.1) is 0 Å². The molecule has 18 heavy (non-hydrogen) atoms. The van der Waals surface area contributed by atoms with Crippen molar-refractivity contribution in [2.45, 2.75) is 25.8 Å². The average Bonchev–Trinajstić information content (AvgIpc) is 2.40. The Morgan fingerprint density at radius 3 is 2.67 bits per heavy atom. The van der Waals surface area contributed by atoms with E-state index in [0.717, 1.165) is 37.5 Å². The van der Waals surface area contributed by atoms with Crippen LogP contribution in [0.4, 0.5) is 8.78 Å². The van der Waals surface area contributed by atoms with Crippen LogP contribution in [0.25, 0.3) is 0 Å². The minimum absolute atomic E-state index is 0.599. The summed E-state index contributed by atoms with van der Waals surface area (Å²) in [6, 6.07) is 4.06. The maximum atomic E-state index is 13.0. The van der Waals surface area contributed by atoms with Gasteiger partial charge in [0.15, 0.2) is 11.6 Å². The predicted molar refractivity (Wildman–Crippen MR) is 68.3 cm³/mol. The first-order valence-corrected chi connectivity index (χ1v) is 6.61. The molecule has 1 saturated heterocycles. The normalized spacial score (nSPS) is 17.0. The van der Waals surface area contributed by atoms with Crippen molar-refractivity contribution in [1.82, 2.24) is 10.6 Å². The van der Waals surface area contributed by atoms with E-state index < -0.39 is 11.6 Å². The molecule has 0 aromatic heterocycles. The third-order valence-electron chi connectivity index (χ3n) is 3.50. The molecule has 1 aromatic rings. The molecule has 100 valence electrons. The Hall–Kier alpha value is -1.00. The molecule has 1 fully saturated rings. The van der Waals surface area contributed by atoms with Gasteiger partial charge in [0.2, 0.25) is 0 Å². The van der Waals surface area contributed by atoms with E-state index in [-0.39, 0.29) is 0 Å². The Morgan fingerprint density at radius 1 is 1.17 bits per heavy atom. The number of piperidine rings is 1. The van der Waals surface area contributed by atoms with Gasteiger partial charge in [0, 0.05) is 6.54 Å². The molecular formula is C14H20F2N2. The standard InChI is InChI=1S/C14H20F2N2/c15-13-2-1-12(9-14(13)16)10-18-8-5-11-3-6-17-7-4-11/h1-2,9,11,17-18H,3-8,10H2. The molecule has 1 heterocycles. The molecule has 0 atom stereocenters. The molecular weight excluding hydrogens is 234 g/mol. The summed E-state index contributed by atoms with van der Waals surface area (Å²) in [5, 5.41) is 6.63. The van der Waals surface area contributed by atoms with E-state index >= 15 is 0 Å². The van der Waals surface area contributed by atoms with E-state index in [9.17, 15) is 8.78 Å². The lowest BCUT2D eigenvalue weighted by atomic mass is 9.95. The summed E-state index contributed by atoms with van der Waals surface area (Å²) in [5.74, 6) is -0.759. The highest BCUT2D eigenvalue weighted by Crippen LogP contribution is 2.15. The first-order valence-electron chi connectivity index (χ1n) is 6.61. The van der Waals surface area contributed by atoms with Gasteiger partial charge in [-0.15, -0.1) is 0 Å². The fourth-order valence-corrected chi connectivity index (χ4v) is 2.36. The van der Waals surface area contributed by atoms with Crippen LogP contribution >= 0.6 is 0 Å². The Kier molecular flexibility index (Phi) is 5.08. The number of hydrogen-bond donors (Lipinski definition) is 2. The van der Waals surface area contributed by atoms with Crippen LogP contribution in [-0.4, -0.2) is 19.6 Å². The zero-order chi connectivity index (χ0) is 12.8. The maximum Gasteiger partial charge on any atom is 0.159 e. The van der Waals surface area contributed by atoms with Gasteiger partial charge in [-0.25, -0.2) is 8.78 Å². The van der Waals surface area contributed by atoms with Crippen molar-refractivity contribution < 1.29 is 8.78 Å². The van der Waals surface area contributed by atoms with Gasteiger partial charge < -0.3 is 10.6 Å². The van der Waals surface area contributed by atoms with E-state index in [1.54, 1.807) is 6.07 Å². The summed E-state index contributed by atoms with van der Waals surface area (Å²) in [6.45, 7) is 3.77. The van der Waals surface area contributed by atoms with E-state index in [0.29, 0.717) is 6.54 Å². The van der Waals surface area contributed by atoms with Crippen LogP contribution < -0.4 is 10.6 Å². The third kappa shape index (κ3) is 4.03. The van der Waals surface area contributed by atoms with Crippen LogP contribution in [0.2, 0.25) is 0 Å². The lowest BCUT2D eigenvalue weighted by Crippen LogP contribution is -2.29. The molecule has 2 rings (SSSR count). The van der Waals surface area contributed by atoms with Gasteiger partial charge >= 0.3 is 0 Å². The van der Waals surface area contributed by atoms with Gasteiger partial charge in [-0.05, 0) is 62.5 Å². The van der Waals surface area contributed by atoms with E-state index in [1.165, 1.54) is 25.0 Å². The van der Waals surface area contributed by atoms with Crippen molar-refractivity contribution in [2.24, 2.45) is 5.92 Å². The molecule has 0 radical (unpaired) electrons. The zero-order valence-electron chi connectivity index (χ0n) is 10.5. The Morgan fingerprint density at radius 2 is 1.94 bits per heavy atom. The average molecular weight is 254 g/mol. The molecule has 2 nitrogen and oxygen atoms in total. The second-order valence-electron chi connectivity index (χ2n) is 4.91. The molecule has 1 aromatic carbocycles. The lowest BCUT2D eigenvalue weighted by Gasteiger charge is -2.22. The molecule has 1 aliphatic heterocycles. The van der Waals surface area contributed by atoms with E-state index in [2.05, 4.69) is 10.6 Å². The molecule has 0 saturated carbocycles. The largest absolute Gasteiger partial charge is 0.317 e. The highest BCUT2D eigenvalue weighted by atomic mass is 19.2. The van der Waals surface area contributed by atoms with Crippen LogP contribution in [0.15, 0.2) is 18.2 Å². The molecule has 0 spiro atoms. The summed E-state index contributed by atoms with van der Waals surface area (Å²) >= 11 is 0. The summed E-state index contributed by atoms with van der Waals surface area (Å²) in [5.41, 5.74) is 0.791. The topological polar surface area (TPSA) is 24.1 Å². The first-order chi connectivity index (χ1) is 8.75. The summed E-state index contributed by atoms with van der Waals surface area (Å²) in [7, 11) is 0. The van der Waals surface area contributed by atoms with Crippen LogP contribution in [0.5, 0.6) is 0 Å². The number of nitrogens with one attached hydrogen (secondary N) is 2. The van der Waals surface area contributed by atoms with Gasteiger partial charge in [-0.2, -0.15) is 0 Å². The van der Waals surface area contributed by atoms with Crippen molar-refractivity contribution >= 4 is 0 Å². The highest BCUT2D eigenvalue weighted by molar-refractivity contribution is 5.17. The summed E-state index contributed by atoms with van der Waals surface area (Å²) in [4.78, 5) is 0. The van der Waals surface area contributed by atoms with Gasteiger partial charge in [0.25, 0.3) is 0 Å². The molecule has 2 N–H and O–H groups in total. The Bertz CT molecular complexity index is 376. The SMILES string of the molecule is Fc1ccc(CNCCC2CCNCC2)cc1F. The van der Waals surface area contributed by atoms with Gasteiger partial charge in [-0.1, -0.05) is 6.07 Å². The van der Waals surface area contributed by atoms with Crippen LogP contribution in [0.3, 0.4) is 0 Å². The van der Waals surface area contributed by atoms with E-state index in [1.807, 2.05) is 0 Å². The number of hydrogen-bond acceptors (Lipinski definition) is 2. The maximum absolute atomic E-state index is 13.0. The number of benzene rings is 1. The number of rotatable bonds is 5. The summed E-state index contributed by atoms with van der Waals surface area (Å²) < 4.78 is 25.7. The second kappa shape index (κ2) is 6.81. The minimum Gasteiger partial charge on any atom is -0.317 e. The van der Waals surface area contributed by atoms with Crippen LogP contribution in [-0.2, 0) is 6.54 Å². The molecule has 4 heteroatoms. The van der Waals surface area contributed by atoms with Crippen molar-refractivity contribution in [3.8, 4) is 0 Å². The molecule has 0 unspecified atom stereocenters. The van der Waals surface area contributed by atoms with Crippen molar-refractivity contribution in [2.75, 3.05) is 19.6 Å². The number of halogens is 2. The van der Waals surface area contributed by atoms with E-state index in [4.69, 9.17) is 0 Å². The first kappa shape index (κ1) is 13.4. The highest BCUT2D eigenvalue weighted by Gasteiger charge is 2.11. The zero-order valence-corrected chi connectivity index (χ0v) is 10.5. The van der Waals surface area contributed by atoms with Crippen molar-refractivity contribution in [1.29, 1.82) is 0 Å². The molecule has 0 bridgehead atoms. The van der Waals surface area contributed by atoms with Gasteiger partial charge in [0.1, 0.15) is 0 Å². The lowest BCUT2D eigenvalue weighted by molar-refractivity contribution is 0.348. The van der Waals surface area contributed by atoms with Crippen LogP contribution in [0, 0.1) is 17.6 Å². The predicted octanol–water partition coefficient (Wildman–Crippen LogP) is 2.44. The Balaban J connectivity index is 1.66. The van der Waals surface area contributed by atoms with Crippen molar-refractivity contribution in [3.63, 3.8) is 0 Å². The molecule has 1 aliphatic rings. The monoisotopic (exact) mass is 254 g/mol. The summed E-state index contributed by atoms with van der Waals surface area (Å²) in [6.07, 6.45) is 3.64.